The molecule has 15 heavy (non-hydrogen) atoms. The normalized spacial score (nSPS) is 23.9. The first-order chi connectivity index (χ1) is 7.25. The van der Waals surface area contributed by atoms with E-state index in [-0.39, 0.29) is 0 Å². The first-order valence-electron chi connectivity index (χ1n) is 5.61. The largest absolute Gasteiger partial charge is 0.356 e. The van der Waals surface area contributed by atoms with Gasteiger partial charge in [0.15, 0.2) is 0 Å². The van der Waals surface area contributed by atoms with E-state index in [1.54, 1.807) is 0 Å². The van der Waals surface area contributed by atoms with Crippen molar-refractivity contribution in [2.45, 2.75) is 32.9 Å². The summed E-state index contributed by atoms with van der Waals surface area (Å²) in [5.74, 6) is 2.06. The molecule has 80 valence electrons. The second-order valence-corrected chi connectivity index (χ2v) is 4.40. The summed E-state index contributed by atoms with van der Waals surface area (Å²) in [6, 6.07) is 0.399. The van der Waals surface area contributed by atoms with Crippen LogP contribution in [0.3, 0.4) is 0 Å². The summed E-state index contributed by atoms with van der Waals surface area (Å²) in [6.07, 6.45) is 1.29. The van der Waals surface area contributed by atoms with Gasteiger partial charge >= 0.3 is 0 Å². The molecule has 1 N–H and O–H groups in total. The average Bonchev–Trinajstić information content (AvgIpc) is 2.44. The van der Waals surface area contributed by atoms with Gasteiger partial charge < -0.3 is 10.2 Å². The van der Waals surface area contributed by atoms with E-state index >= 15 is 0 Å². The summed E-state index contributed by atoms with van der Waals surface area (Å²) in [4.78, 5) is 11.5. The molecule has 1 unspecified atom stereocenters. The smallest absolute Gasteiger partial charge is 0.137 e. The molecule has 4 nitrogen and oxygen atoms in total. The lowest BCUT2D eigenvalue weighted by Crippen LogP contribution is -2.38. The maximum absolute atomic E-state index is 4.59. The van der Waals surface area contributed by atoms with Crippen LogP contribution >= 0.6 is 0 Å². The first kappa shape index (κ1) is 9.09. The van der Waals surface area contributed by atoms with Crippen molar-refractivity contribution < 1.29 is 0 Å². The van der Waals surface area contributed by atoms with Crippen LogP contribution < -0.4 is 10.2 Å². The van der Waals surface area contributed by atoms with Crippen molar-refractivity contribution in [3.8, 4) is 0 Å². The highest BCUT2D eigenvalue weighted by atomic mass is 15.2. The molecule has 2 aliphatic rings. The van der Waals surface area contributed by atoms with E-state index < -0.39 is 0 Å². The van der Waals surface area contributed by atoms with Crippen molar-refractivity contribution in [2.24, 2.45) is 0 Å². The minimum absolute atomic E-state index is 0.399. The average molecular weight is 204 g/mol. The van der Waals surface area contributed by atoms with Gasteiger partial charge in [0.1, 0.15) is 11.6 Å². The third-order valence-corrected chi connectivity index (χ3v) is 3.28. The minimum atomic E-state index is 0.399. The number of rotatable bonds is 1. The van der Waals surface area contributed by atoms with Crippen LogP contribution in [0, 0.1) is 6.92 Å². The van der Waals surface area contributed by atoms with Crippen LogP contribution in [-0.2, 0) is 6.54 Å². The number of nitrogens with zero attached hydrogens (tertiary/aromatic N) is 3. The van der Waals surface area contributed by atoms with Crippen molar-refractivity contribution in [1.29, 1.82) is 0 Å². The molecule has 4 heteroatoms. The number of nitrogens with one attached hydrogen (secondary N) is 1. The van der Waals surface area contributed by atoms with Gasteiger partial charge in [0.05, 0.1) is 5.69 Å². The molecular weight excluding hydrogens is 188 g/mol. The summed E-state index contributed by atoms with van der Waals surface area (Å²) in [5.41, 5.74) is 2.51. The van der Waals surface area contributed by atoms with Gasteiger partial charge in [0.25, 0.3) is 0 Å². The fraction of sp³-hybridized carbons (Fsp3) is 0.636. The van der Waals surface area contributed by atoms with Crippen molar-refractivity contribution >= 4 is 5.82 Å². The van der Waals surface area contributed by atoms with Crippen molar-refractivity contribution in [1.82, 2.24) is 15.3 Å². The van der Waals surface area contributed by atoms with Crippen molar-refractivity contribution in [3.63, 3.8) is 0 Å². The number of aromatic nitrogens is 2. The number of anilines is 1. The molecule has 0 radical (unpaired) electrons. The quantitative estimate of drug-likeness (QED) is 0.745. The SMILES string of the molecule is Cc1nc2c(c(N3CCC3)n1)C(C)NC2. The summed E-state index contributed by atoms with van der Waals surface area (Å²) in [7, 11) is 0. The number of fused-ring (bicyclic) bond motifs is 1. The predicted octanol–water partition coefficient (Wildman–Crippen LogP) is 1.16. The lowest BCUT2D eigenvalue weighted by molar-refractivity contribution is 0.592. The number of aryl methyl sites for hydroxylation is 1. The number of hydrogen-bond donors (Lipinski definition) is 1. The summed E-state index contributed by atoms with van der Waals surface area (Å²) < 4.78 is 0. The molecule has 3 rings (SSSR count). The Morgan fingerprint density at radius 3 is 2.80 bits per heavy atom. The first-order valence-corrected chi connectivity index (χ1v) is 5.61. The van der Waals surface area contributed by atoms with Gasteiger partial charge in [-0.3, -0.25) is 0 Å². The molecule has 0 saturated carbocycles. The summed E-state index contributed by atoms with van der Waals surface area (Å²) in [5, 5.41) is 3.43. The van der Waals surface area contributed by atoms with Gasteiger partial charge in [0.2, 0.25) is 0 Å². The van der Waals surface area contributed by atoms with Gasteiger partial charge in [-0.15, -0.1) is 0 Å². The molecular formula is C11H16N4. The molecule has 0 bridgehead atoms. The molecule has 1 aromatic rings. The molecule has 1 atom stereocenters. The highest BCUT2D eigenvalue weighted by Crippen LogP contribution is 2.33. The molecule has 0 spiro atoms. The van der Waals surface area contributed by atoms with E-state index in [0.29, 0.717) is 6.04 Å². The topological polar surface area (TPSA) is 41.1 Å². The van der Waals surface area contributed by atoms with Crippen LogP contribution in [0.15, 0.2) is 0 Å². The standard InChI is InChI=1S/C11H16N4/c1-7-10-9(6-12-7)13-8(2)14-11(10)15-4-3-5-15/h7,12H,3-6H2,1-2H3. The Balaban J connectivity index is 2.11. The highest BCUT2D eigenvalue weighted by Gasteiger charge is 2.28. The van der Waals surface area contributed by atoms with E-state index in [9.17, 15) is 0 Å². The Kier molecular flexibility index (Phi) is 1.92. The predicted molar refractivity (Wildman–Crippen MR) is 58.9 cm³/mol. The molecule has 1 fully saturated rings. The Labute approximate surface area is 89.7 Å². The van der Waals surface area contributed by atoms with Crippen LogP contribution in [0.5, 0.6) is 0 Å². The Morgan fingerprint density at radius 2 is 2.13 bits per heavy atom. The van der Waals surface area contributed by atoms with Crippen molar-refractivity contribution in [3.05, 3.63) is 17.1 Å². The van der Waals surface area contributed by atoms with Gasteiger partial charge in [-0.05, 0) is 20.3 Å². The minimum Gasteiger partial charge on any atom is -0.356 e. The van der Waals surface area contributed by atoms with Crippen LogP contribution in [-0.4, -0.2) is 23.1 Å². The zero-order valence-electron chi connectivity index (χ0n) is 9.25. The molecule has 3 heterocycles. The molecule has 0 amide bonds. The Bertz CT molecular complexity index is 398. The lowest BCUT2D eigenvalue weighted by Gasteiger charge is -2.34. The third kappa shape index (κ3) is 1.32. The molecule has 1 saturated heterocycles. The maximum Gasteiger partial charge on any atom is 0.137 e. The third-order valence-electron chi connectivity index (χ3n) is 3.28. The Morgan fingerprint density at radius 1 is 1.33 bits per heavy atom. The monoisotopic (exact) mass is 204 g/mol. The fourth-order valence-electron chi connectivity index (χ4n) is 2.32. The van der Waals surface area contributed by atoms with E-state index in [4.69, 9.17) is 0 Å². The van der Waals surface area contributed by atoms with E-state index in [2.05, 4.69) is 27.1 Å². The van der Waals surface area contributed by atoms with Crippen LogP contribution in [0.4, 0.5) is 5.82 Å². The molecule has 1 aromatic heterocycles. The highest BCUT2D eigenvalue weighted by molar-refractivity contribution is 5.53. The lowest BCUT2D eigenvalue weighted by atomic mass is 10.1. The maximum atomic E-state index is 4.59. The zero-order chi connectivity index (χ0) is 10.4. The molecule has 0 aliphatic carbocycles. The summed E-state index contributed by atoms with van der Waals surface area (Å²) in [6.45, 7) is 7.35. The fourth-order valence-corrected chi connectivity index (χ4v) is 2.32. The molecule has 0 aromatic carbocycles. The van der Waals surface area contributed by atoms with Gasteiger partial charge in [-0.25, -0.2) is 9.97 Å². The second kappa shape index (κ2) is 3.17. The Hall–Kier alpha value is -1.16. The van der Waals surface area contributed by atoms with Gasteiger partial charge in [0, 0.05) is 31.2 Å². The van der Waals surface area contributed by atoms with Crippen LogP contribution in [0.1, 0.15) is 36.5 Å². The van der Waals surface area contributed by atoms with E-state index in [1.807, 2.05) is 6.92 Å². The van der Waals surface area contributed by atoms with E-state index in [1.165, 1.54) is 23.5 Å². The van der Waals surface area contributed by atoms with Crippen LogP contribution in [0.2, 0.25) is 0 Å². The second-order valence-electron chi connectivity index (χ2n) is 4.40. The summed E-state index contributed by atoms with van der Waals surface area (Å²) >= 11 is 0. The number of hydrogen-bond acceptors (Lipinski definition) is 4. The van der Waals surface area contributed by atoms with Crippen LogP contribution in [0.25, 0.3) is 0 Å². The van der Waals surface area contributed by atoms with E-state index in [0.717, 1.165) is 25.5 Å². The van der Waals surface area contributed by atoms with Gasteiger partial charge in [-0.1, -0.05) is 0 Å². The zero-order valence-corrected chi connectivity index (χ0v) is 9.25. The molecule has 2 aliphatic heterocycles. The van der Waals surface area contributed by atoms with Gasteiger partial charge in [-0.2, -0.15) is 0 Å². The van der Waals surface area contributed by atoms with Crippen molar-refractivity contribution in [2.75, 3.05) is 18.0 Å².